The molecule has 0 aromatic carbocycles. The summed E-state index contributed by atoms with van der Waals surface area (Å²) in [6.07, 6.45) is 0.907. The van der Waals surface area contributed by atoms with E-state index in [2.05, 4.69) is 21.7 Å². The number of hydrogen-bond donors (Lipinski definition) is 2. The lowest BCUT2D eigenvalue weighted by Crippen LogP contribution is -2.43. The van der Waals surface area contributed by atoms with E-state index in [0.717, 1.165) is 26.3 Å². The second kappa shape index (κ2) is 8.36. The Morgan fingerprint density at radius 3 is 2.95 bits per heavy atom. The van der Waals surface area contributed by atoms with Gasteiger partial charge in [0.15, 0.2) is 0 Å². The number of rotatable bonds is 7. The third kappa shape index (κ3) is 4.56. The first-order chi connectivity index (χ1) is 9.81. The van der Waals surface area contributed by atoms with E-state index < -0.39 is 0 Å². The van der Waals surface area contributed by atoms with Crippen LogP contribution in [0.15, 0.2) is 17.5 Å². The number of aliphatic hydroxyl groups excluding tert-OH is 1. The number of aliphatic hydroxyl groups is 1. The third-order valence-corrected chi connectivity index (χ3v) is 4.39. The minimum absolute atomic E-state index is 0.00821. The van der Waals surface area contributed by atoms with Crippen LogP contribution in [0, 0.1) is 0 Å². The fraction of sp³-hybridized carbons (Fsp3) is 0.643. The summed E-state index contributed by atoms with van der Waals surface area (Å²) in [5, 5.41) is 13.8. The van der Waals surface area contributed by atoms with Gasteiger partial charge in [0, 0.05) is 37.5 Å². The average Bonchev–Trinajstić information content (AvgIpc) is 3.00. The summed E-state index contributed by atoms with van der Waals surface area (Å²) < 4.78 is 5.39. The highest BCUT2D eigenvalue weighted by Crippen LogP contribution is 2.25. The van der Waals surface area contributed by atoms with Crippen LogP contribution in [0.3, 0.4) is 0 Å². The van der Waals surface area contributed by atoms with Crippen molar-refractivity contribution in [2.45, 2.75) is 18.9 Å². The fourth-order valence-electron chi connectivity index (χ4n) is 2.32. The van der Waals surface area contributed by atoms with E-state index in [9.17, 15) is 4.79 Å². The number of hydrogen-bond acceptors (Lipinski definition) is 5. The van der Waals surface area contributed by atoms with E-state index >= 15 is 0 Å². The molecule has 1 aromatic rings. The first kappa shape index (κ1) is 15.4. The molecule has 0 spiro atoms. The van der Waals surface area contributed by atoms with Crippen molar-refractivity contribution in [2.24, 2.45) is 0 Å². The lowest BCUT2D eigenvalue weighted by molar-refractivity contribution is -0.121. The van der Waals surface area contributed by atoms with Crippen molar-refractivity contribution in [1.29, 1.82) is 0 Å². The van der Waals surface area contributed by atoms with Crippen LogP contribution in [0.2, 0.25) is 0 Å². The summed E-state index contributed by atoms with van der Waals surface area (Å²) >= 11 is 1.72. The maximum atomic E-state index is 11.7. The minimum atomic E-state index is 0.00821. The second-order valence-electron chi connectivity index (χ2n) is 4.81. The van der Waals surface area contributed by atoms with E-state index in [-0.39, 0.29) is 18.6 Å². The minimum Gasteiger partial charge on any atom is -0.396 e. The second-order valence-corrected chi connectivity index (χ2v) is 5.79. The SMILES string of the molecule is O=C(CCCO)NCC(c1cccs1)N1CCOCC1. The molecule has 1 saturated heterocycles. The van der Waals surface area contributed by atoms with Crippen molar-refractivity contribution in [2.75, 3.05) is 39.5 Å². The van der Waals surface area contributed by atoms with Gasteiger partial charge < -0.3 is 15.2 Å². The van der Waals surface area contributed by atoms with E-state index in [1.807, 2.05) is 6.07 Å². The van der Waals surface area contributed by atoms with Crippen LogP contribution >= 0.6 is 11.3 Å². The Bertz CT molecular complexity index is 391. The zero-order valence-electron chi connectivity index (χ0n) is 11.6. The van der Waals surface area contributed by atoms with Gasteiger partial charge in [0.25, 0.3) is 0 Å². The number of amides is 1. The number of morpholine rings is 1. The molecule has 2 rings (SSSR count). The van der Waals surface area contributed by atoms with Crippen LogP contribution in [0.4, 0.5) is 0 Å². The molecule has 0 saturated carbocycles. The summed E-state index contributed by atoms with van der Waals surface area (Å²) in [6, 6.07) is 4.38. The highest BCUT2D eigenvalue weighted by molar-refractivity contribution is 7.10. The molecule has 1 fully saturated rings. The molecule has 5 nitrogen and oxygen atoms in total. The van der Waals surface area contributed by atoms with E-state index in [1.54, 1.807) is 11.3 Å². The number of ether oxygens (including phenoxy) is 1. The largest absolute Gasteiger partial charge is 0.396 e. The van der Waals surface area contributed by atoms with Crippen LogP contribution in [-0.2, 0) is 9.53 Å². The molecule has 112 valence electrons. The van der Waals surface area contributed by atoms with E-state index in [0.29, 0.717) is 19.4 Å². The lowest BCUT2D eigenvalue weighted by Gasteiger charge is -2.34. The summed E-state index contributed by atoms with van der Waals surface area (Å²) in [6.45, 7) is 3.97. The molecule has 0 bridgehead atoms. The molecule has 2 heterocycles. The average molecular weight is 298 g/mol. The topological polar surface area (TPSA) is 61.8 Å². The molecule has 1 aliphatic heterocycles. The van der Waals surface area contributed by atoms with Gasteiger partial charge in [0.2, 0.25) is 5.91 Å². The first-order valence-electron chi connectivity index (χ1n) is 7.04. The molecule has 1 aliphatic rings. The van der Waals surface area contributed by atoms with Crippen molar-refractivity contribution in [3.8, 4) is 0 Å². The van der Waals surface area contributed by atoms with Gasteiger partial charge in [0.05, 0.1) is 19.3 Å². The number of nitrogens with zero attached hydrogens (tertiary/aromatic N) is 1. The predicted molar refractivity (Wildman–Crippen MR) is 78.8 cm³/mol. The Hall–Kier alpha value is -0.950. The van der Waals surface area contributed by atoms with Gasteiger partial charge >= 0.3 is 0 Å². The maximum Gasteiger partial charge on any atom is 0.220 e. The Balaban J connectivity index is 1.91. The Kier molecular flexibility index (Phi) is 6.46. The van der Waals surface area contributed by atoms with Crippen molar-refractivity contribution < 1.29 is 14.6 Å². The van der Waals surface area contributed by atoms with Crippen LogP contribution < -0.4 is 5.32 Å². The fourth-order valence-corrected chi connectivity index (χ4v) is 3.18. The quantitative estimate of drug-likeness (QED) is 0.789. The standard InChI is InChI=1S/C14H22N2O3S/c17-7-1-4-14(18)15-11-12(13-3-2-10-20-13)16-5-8-19-9-6-16/h2-3,10,12,17H,1,4-9,11H2,(H,15,18). The predicted octanol–water partition coefficient (Wildman–Crippen LogP) is 1.01. The number of carbonyl (C=O) groups is 1. The van der Waals surface area contributed by atoms with Crippen molar-refractivity contribution in [1.82, 2.24) is 10.2 Å². The van der Waals surface area contributed by atoms with Gasteiger partial charge in [-0.1, -0.05) is 6.07 Å². The highest BCUT2D eigenvalue weighted by Gasteiger charge is 2.23. The van der Waals surface area contributed by atoms with Crippen LogP contribution in [0.1, 0.15) is 23.8 Å². The van der Waals surface area contributed by atoms with Crippen LogP contribution in [0.25, 0.3) is 0 Å². The van der Waals surface area contributed by atoms with Crippen LogP contribution in [-0.4, -0.2) is 55.4 Å². The molecule has 20 heavy (non-hydrogen) atoms. The van der Waals surface area contributed by atoms with Crippen molar-refractivity contribution >= 4 is 17.2 Å². The molecule has 1 amide bonds. The Labute approximate surface area is 123 Å². The zero-order chi connectivity index (χ0) is 14.2. The molecule has 1 atom stereocenters. The highest BCUT2D eigenvalue weighted by atomic mass is 32.1. The molecular weight excluding hydrogens is 276 g/mol. The van der Waals surface area contributed by atoms with Crippen LogP contribution in [0.5, 0.6) is 0 Å². The van der Waals surface area contributed by atoms with Gasteiger partial charge in [-0.2, -0.15) is 0 Å². The van der Waals surface area contributed by atoms with Gasteiger partial charge in [0.1, 0.15) is 0 Å². The molecule has 0 radical (unpaired) electrons. The number of thiophene rings is 1. The van der Waals surface area contributed by atoms with Gasteiger partial charge in [-0.05, 0) is 17.9 Å². The lowest BCUT2D eigenvalue weighted by atomic mass is 10.2. The Morgan fingerprint density at radius 1 is 1.50 bits per heavy atom. The summed E-state index contributed by atoms with van der Waals surface area (Å²) in [5.41, 5.74) is 0. The van der Waals surface area contributed by atoms with E-state index in [4.69, 9.17) is 9.84 Å². The molecule has 6 heteroatoms. The van der Waals surface area contributed by atoms with E-state index in [1.165, 1.54) is 4.88 Å². The number of nitrogens with one attached hydrogen (secondary N) is 1. The molecule has 2 N–H and O–H groups in total. The number of carbonyl (C=O) groups excluding carboxylic acids is 1. The van der Waals surface area contributed by atoms with Crippen molar-refractivity contribution in [3.05, 3.63) is 22.4 Å². The smallest absolute Gasteiger partial charge is 0.220 e. The van der Waals surface area contributed by atoms with Gasteiger partial charge in [-0.3, -0.25) is 9.69 Å². The molecule has 0 aliphatic carbocycles. The molecule has 1 unspecified atom stereocenters. The normalized spacial score (nSPS) is 17.9. The first-order valence-corrected chi connectivity index (χ1v) is 7.92. The molecule has 1 aromatic heterocycles. The third-order valence-electron chi connectivity index (χ3n) is 3.41. The zero-order valence-corrected chi connectivity index (χ0v) is 12.4. The van der Waals surface area contributed by atoms with Gasteiger partial charge in [-0.15, -0.1) is 11.3 Å². The Morgan fingerprint density at radius 2 is 2.30 bits per heavy atom. The van der Waals surface area contributed by atoms with Gasteiger partial charge in [-0.25, -0.2) is 0 Å². The van der Waals surface area contributed by atoms with Crippen molar-refractivity contribution in [3.63, 3.8) is 0 Å². The summed E-state index contributed by atoms with van der Waals surface area (Å²) in [5.74, 6) is 0.00821. The monoisotopic (exact) mass is 298 g/mol. The summed E-state index contributed by atoms with van der Waals surface area (Å²) in [4.78, 5) is 15.3. The maximum absolute atomic E-state index is 11.7. The summed E-state index contributed by atoms with van der Waals surface area (Å²) in [7, 11) is 0. The molecular formula is C14H22N2O3S.